The number of amides is 2. The molecule has 1 unspecified atom stereocenters. The summed E-state index contributed by atoms with van der Waals surface area (Å²) in [5.74, 6) is 0.0503. The summed E-state index contributed by atoms with van der Waals surface area (Å²) in [6.07, 6.45) is 3.43. The van der Waals surface area contributed by atoms with Gasteiger partial charge in [0, 0.05) is 19.0 Å². The minimum Gasteiger partial charge on any atom is -0.354 e. The lowest BCUT2D eigenvalue weighted by Crippen LogP contribution is -2.52. The van der Waals surface area contributed by atoms with Gasteiger partial charge in [-0.3, -0.25) is 14.5 Å². The fourth-order valence-electron chi connectivity index (χ4n) is 3.39. The van der Waals surface area contributed by atoms with Gasteiger partial charge in [-0.2, -0.15) is 0 Å². The standard InChI is InChI=1S/C18H25N3O2/c22-17(20-16-7-4-10-19-18(16)23)15-8-11-21(12-9-15)13-14-5-2-1-3-6-14/h1-3,5-6,15-16H,4,7-13H2,(H,19,23)(H,20,22). The third kappa shape index (κ3) is 4.32. The molecule has 2 aliphatic heterocycles. The van der Waals surface area contributed by atoms with E-state index in [2.05, 4.69) is 39.8 Å². The van der Waals surface area contributed by atoms with E-state index in [4.69, 9.17) is 0 Å². The quantitative estimate of drug-likeness (QED) is 0.880. The Hall–Kier alpha value is -1.88. The average Bonchev–Trinajstić information content (AvgIpc) is 2.58. The van der Waals surface area contributed by atoms with Crippen molar-refractivity contribution in [1.29, 1.82) is 0 Å². The zero-order chi connectivity index (χ0) is 16.1. The summed E-state index contributed by atoms with van der Waals surface area (Å²) in [6, 6.07) is 10.1. The Morgan fingerprint density at radius 2 is 1.91 bits per heavy atom. The Morgan fingerprint density at radius 3 is 2.61 bits per heavy atom. The van der Waals surface area contributed by atoms with Crippen molar-refractivity contribution in [2.24, 2.45) is 5.92 Å². The van der Waals surface area contributed by atoms with Crippen LogP contribution in [-0.4, -0.2) is 42.4 Å². The van der Waals surface area contributed by atoms with E-state index < -0.39 is 0 Å². The van der Waals surface area contributed by atoms with Gasteiger partial charge in [-0.15, -0.1) is 0 Å². The highest BCUT2D eigenvalue weighted by Gasteiger charge is 2.29. The molecule has 0 aliphatic carbocycles. The predicted molar refractivity (Wildman–Crippen MR) is 88.6 cm³/mol. The van der Waals surface area contributed by atoms with Crippen molar-refractivity contribution < 1.29 is 9.59 Å². The smallest absolute Gasteiger partial charge is 0.242 e. The largest absolute Gasteiger partial charge is 0.354 e. The van der Waals surface area contributed by atoms with Crippen LogP contribution >= 0.6 is 0 Å². The van der Waals surface area contributed by atoms with Crippen LogP contribution in [0, 0.1) is 5.92 Å². The van der Waals surface area contributed by atoms with Crippen LogP contribution < -0.4 is 10.6 Å². The molecule has 2 heterocycles. The molecule has 0 radical (unpaired) electrons. The number of piperidine rings is 2. The first-order valence-electron chi connectivity index (χ1n) is 8.57. The maximum atomic E-state index is 12.4. The first-order valence-corrected chi connectivity index (χ1v) is 8.57. The van der Waals surface area contributed by atoms with Crippen LogP contribution in [0.3, 0.4) is 0 Å². The molecule has 1 atom stereocenters. The Bertz CT molecular complexity index is 538. The molecule has 2 fully saturated rings. The third-order valence-corrected chi connectivity index (χ3v) is 4.81. The Balaban J connectivity index is 1.45. The van der Waals surface area contributed by atoms with Crippen LogP contribution in [0.25, 0.3) is 0 Å². The Kier molecular flexibility index (Phi) is 5.28. The third-order valence-electron chi connectivity index (χ3n) is 4.81. The van der Waals surface area contributed by atoms with E-state index in [0.29, 0.717) is 0 Å². The molecule has 0 aromatic heterocycles. The van der Waals surface area contributed by atoms with Crippen molar-refractivity contribution in [3.63, 3.8) is 0 Å². The molecule has 2 aliphatic rings. The monoisotopic (exact) mass is 315 g/mol. The van der Waals surface area contributed by atoms with E-state index in [1.54, 1.807) is 0 Å². The second kappa shape index (κ2) is 7.59. The highest BCUT2D eigenvalue weighted by Crippen LogP contribution is 2.19. The fraction of sp³-hybridized carbons (Fsp3) is 0.556. The fourth-order valence-corrected chi connectivity index (χ4v) is 3.39. The van der Waals surface area contributed by atoms with Crippen molar-refractivity contribution in [3.05, 3.63) is 35.9 Å². The van der Waals surface area contributed by atoms with Crippen LogP contribution in [0.5, 0.6) is 0 Å². The summed E-state index contributed by atoms with van der Waals surface area (Å²) in [5.41, 5.74) is 1.31. The summed E-state index contributed by atoms with van der Waals surface area (Å²) in [5, 5.41) is 5.75. The van der Waals surface area contributed by atoms with Crippen LogP contribution in [0.2, 0.25) is 0 Å². The molecule has 1 aromatic rings. The van der Waals surface area contributed by atoms with Crippen LogP contribution in [-0.2, 0) is 16.1 Å². The highest BCUT2D eigenvalue weighted by atomic mass is 16.2. The minimum atomic E-state index is -0.335. The van der Waals surface area contributed by atoms with E-state index >= 15 is 0 Å². The number of carbonyl (C=O) groups is 2. The topological polar surface area (TPSA) is 61.4 Å². The lowest BCUT2D eigenvalue weighted by molar-refractivity contribution is -0.133. The van der Waals surface area contributed by atoms with Crippen molar-refractivity contribution in [2.45, 2.75) is 38.3 Å². The van der Waals surface area contributed by atoms with E-state index in [0.717, 1.165) is 51.9 Å². The molecule has 2 amide bonds. The number of nitrogens with zero attached hydrogens (tertiary/aromatic N) is 1. The van der Waals surface area contributed by atoms with Gasteiger partial charge in [-0.25, -0.2) is 0 Å². The average molecular weight is 315 g/mol. The van der Waals surface area contributed by atoms with Crippen molar-refractivity contribution in [3.8, 4) is 0 Å². The molecule has 2 N–H and O–H groups in total. The number of hydrogen-bond donors (Lipinski definition) is 2. The van der Waals surface area contributed by atoms with Crippen molar-refractivity contribution >= 4 is 11.8 Å². The second-order valence-corrected chi connectivity index (χ2v) is 6.53. The molecule has 1 aromatic carbocycles. The number of hydrogen-bond acceptors (Lipinski definition) is 3. The number of rotatable bonds is 4. The second-order valence-electron chi connectivity index (χ2n) is 6.53. The van der Waals surface area contributed by atoms with Gasteiger partial charge in [0.15, 0.2) is 0 Å². The van der Waals surface area contributed by atoms with Crippen LogP contribution in [0.1, 0.15) is 31.2 Å². The molecular weight excluding hydrogens is 290 g/mol. The molecule has 23 heavy (non-hydrogen) atoms. The molecule has 124 valence electrons. The predicted octanol–water partition coefficient (Wildman–Crippen LogP) is 1.29. The SMILES string of the molecule is O=C(NC1CCCNC1=O)C1CCN(Cc2ccccc2)CC1. The van der Waals surface area contributed by atoms with Gasteiger partial charge < -0.3 is 10.6 Å². The summed E-state index contributed by atoms with van der Waals surface area (Å²) >= 11 is 0. The Morgan fingerprint density at radius 1 is 1.17 bits per heavy atom. The molecular formula is C18H25N3O2. The first kappa shape index (κ1) is 16.0. The minimum absolute atomic E-state index is 0.0360. The normalized spacial score (nSPS) is 23.3. The van der Waals surface area contributed by atoms with E-state index in [-0.39, 0.29) is 23.8 Å². The number of benzene rings is 1. The number of carbonyl (C=O) groups excluding carboxylic acids is 2. The number of nitrogens with one attached hydrogen (secondary N) is 2. The summed E-state index contributed by atoms with van der Waals surface area (Å²) in [4.78, 5) is 26.5. The molecule has 0 bridgehead atoms. The van der Waals surface area contributed by atoms with E-state index in [1.165, 1.54) is 5.56 Å². The lowest BCUT2D eigenvalue weighted by Gasteiger charge is -2.32. The maximum Gasteiger partial charge on any atom is 0.242 e. The molecule has 3 rings (SSSR count). The van der Waals surface area contributed by atoms with E-state index in [9.17, 15) is 9.59 Å². The molecule has 2 saturated heterocycles. The van der Waals surface area contributed by atoms with Gasteiger partial charge in [-0.05, 0) is 44.3 Å². The summed E-state index contributed by atoms with van der Waals surface area (Å²) in [6.45, 7) is 3.54. The van der Waals surface area contributed by atoms with Gasteiger partial charge in [0.2, 0.25) is 11.8 Å². The molecule has 0 saturated carbocycles. The zero-order valence-electron chi connectivity index (χ0n) is 13.5. The molecule has 5 heteroatoms. The highest BCUT2D eigenvalue weighted by molar-refractivity contribution is 5.88. The summed E-state index contributed by atoms with van der Waals surface area (Å²) in [7, 11) is 0. The lowest BCUT2D eigenvalue weighted by atomic mass is 9.94. The van der Waals surface area contributed by atoms with Gasteiger partial charge in [0.1, 0.15) is 6.04 Å². The van der Waals surface area contributed by atoms with Gasteiger partial charge in [0.25, 0.3) is 0 Å². The maximum absolute atomic E-state index is 12.4. The van der Waals surface area contributed by atoms with Gasteiger partial charge in [0.05, 0.1) is 0 Å². The molecule has 0 spiro atoms. The van der Waals surface area contributed by atoms with E-state index in [1.807, 2.05) is 6.07 Å². The molecule has 5 nitrogen and oxygen atoms in total. The van der Waals surface area contributed by atoms with Gasteiger partial charge in [-0.1, -0.05) is 30.3 Å². The summed E-state index contributed by atoms with van der Waals surface area (Å²) < 4.78 is 0. The van der Waals surface area contributed by atoms with Crippen molar-refractivity contribution in [2.75, 3.05) is 19.6 Å². The first-order chi connectivity index (χ1) is 11.2. The zero-order valence-corrected chi connectivity index (χ0v) is 13.5. The Labute approximate surface area is 137 Å². The van der Waals surface area contributed by atoms with Crippen LogP contribution in [0.4, 0.5) is 0 Å². The van der Waals surface area contributed by atoms with Gasteiger partial charge >= 0.3 is 0 Å². The van der Waals surface area contributed by atoms with Crippen LogP contribution in [0.15, 0.2) is 30.3 Å². The van der Waals surface area contributed by atoms with Crippen molar-refractivity contribution in [1.82, 2.24) is 15.5 Å². The number of likely N-dealkylation sites (tertiary alicyclic amines) is 1.